The van der Waals surface area contributed by atoms with Crippen LogP contribution in [0.3, 0.4) is 0 Å². The molecule has 0 saturated carbocycles. The molecule has 2 heteroatoms. The van der Waals surface area contributed by atoms with Gasteiger partial charge >= 0.3 is 0 Å². The van der Waals surface area contributed by atoms with Crippen LogP contribution in [0, 0.1) is 0 Å². The van der Waals surface area contributed by atoms with Gasteiger partial charge in [-0.2, -0.15) is 0 Å². The molecule has 0 fully saturated rings. The molecule has 62 valence electrons. The van der Waals surface area contributed by atoms with E-state index in [1.54, 1.807) is 0 Å². The summed E-state index contributed by atoms with van der Waals surface area (Å²) in [5, 5.41) is 6.51. The van der Waals surface area contributed by atoms with Gasteiger partial charge in [0.25, 0.3) is 0 Å². The standard InChI is InChI=1S/C8H20N2/c1-4-10-7-5-6-8(2)9-3/h8-10H,4-7H2,1-3H3. The van der Waals surface area contributed by atoms with Gasteiger partial charge in [0.1, 0.15) is 0 Å². The smallest absolute Gasteiger partial charge is 0.00361 e. The highest BCUT2D eigenvalue weighted by Gasteiger charge is 1.95. The second kappa shape index (κ2) is 7.03. The van der Waals surface area contributed by atoms with E-state index in [0.29, 0.717) is 6.04 Å². The van der Waals surface area contributed by atoms with Gasteiger partial charge in [-0.3, -0.25) is 0 Å². The monoisotopic (exact) mass is 144 g/mol. The van der Waals surface area contributed by atoms with E-state index >= 15 is 0 Å². The summed E-state index contributed by atoms with van der Waals surface area (Å²) in [5.74, 6) is 0. The fraction of sp³-hybridized carbons (Fsp3) is 1.00. The van der Waals surface area contributed by atoms with Crippen molar-refractivity contribution in [3.05, 3.63) is 0 Å². The molecular formula is C8H20N2. The number of hydrogen-bond acceptors (Lipinski definition) is 2. The van der Waals surface area contributed by atoms with Crippen molar-refractivity contribution in [3.8, 4) is 0 Å². The van der Waals surface area contributed by atoms with E-state index in [1.165, 1.54) is 12.8 Å². The lowest BCUT2D eigenvalue weighted by molar-refractivity contribution is 0.525. The lowest BCUT2D eigenvalue weighted by Gasteiger charge is -2.08. The Morgan fingerprint density at radius 1 is 1.40 bits per heavy atom. The van der Waals surface area contributed by atoms with E-state index in [0.717, 1.165) is 13.1 Å². The van der Waals surface area contributed by atoms with Crippen molar-refractivity contribution in [3.63, 3.8) is 0 Å². The van der Waals surface area contributed by atoms with Gasteiger partial charge in [-0.25, -0.2) is 0 Å². The van der Waals surface area contributed by atoms with Gasteiger partial charge in [0.05, 0.1) is 0 Å². The van der Waals surface area contributed by atoms with Crippen molar-refractivity contribution in [2.24, 2.45) is 0 Å². The second-order valence-electron chi connectivity index (χ2n) is 2.69. The summed E-state index contributed by atoms with van der Waals surface area (Å²) >= 11 is 0. The van der Waals surface area contributed by atoms with Gasteiger partial charge in [-0.1, -0.05) is 6.92 Å². The summed E-state index contributed by atoms with van der Waals surface area (Å²) in [6, 6.07) is 0.665. The van der Waals surface area contributed by atoms with Crippen LogP contribution in [0.4, 0.5) is 0 Å². The largest absolute Gasteiger partial charge is 0.317 e. The lowest BCUT2D eigenvalue weighted by atomic mass is 10.2. The van der Waals surface area contributed by atoms with Crippen LogP contribution in [0.2, 0.25) is 0 Å². The lowest BCUT2D eigenvalue weighted by Crippen LogP contribution is -2.23. The van der Waals surface area contributed by atoms with Gasteiger partial charge < -0.3 is 10.6 Å². The van der Waals surface area contributed by atoms with Crippen molar-refractivity contribution in [2.75, 3.05) is 20.1 Å². The van der Waals surface area contributed by atoms with Crippen LogP contribution in [-0.4, -0.2) is 26.2 Å². The number of hydrogen-bond donors (Lipinski definition) is 2. The van der Waals surface area contributed by atoms with Crippen molar-refractivity contribution < 1.29 is 0 Å². The topological polar surface area (TPSA) is 24.1 Å². The molecule has 0 rings (SSSR count). The Hall–Kier alpha value is -0.0800. The van der Waals surface area contributed by atoms with Crippen LogP contribution >= 0.6 is 0 Å². The zero-order valence-corrected chi connectivity index (χ0v) is 7.41. The zero-order valence-electron chi connectivity index (χ0n) is 7.41. The van der Waals surface area contributed by atoms with Crippen LogP contribution in [0.25, 0.3) is 0 Å². The van der Waals surface area contributed by atoms with Crippen LogP contribution in [0.5, 0.6) is 0 Å². The van der Waals surface area contributed by atoms with Crippen molar-refractivity contribution >= 4 is 0 Å². The van der Waals surface area contributed by atoms with Gasteiger partial charge in [0.15, 0.2) is 0 Å². The Kier molecular flexibility index (Phi) is 6.98. The van der Waals surface area contributed by atoms with Crippen LogP contribution in [0.1, 0.15) is 26.7 Å². The maximum atomic E-state index is 3.30. The number of rotatable bonds is 6. The summed E-state index contributed by atoms with van der Waals surface area (Å²) in [6.45, 7) is 6.60. The van der Waals surface area contributed by atoms with Gasteiger partial charge in [0, 0.05) is 6.04 Å². The molecule has 0 radical (unpaired) electrons. The average Bonchev–Trinajstić information content (AvgIpc) is 1.98. The minimum atomic E-state index is 0.665. The summed E-state index contributed by atoms with van der Waals surface area (Å²) in [5.41, 5.74) is 0. The first-order valence-electron chi connectivity index (χ1n) is 4.19. The highest BCUT2D eigenvalue weighted by atomic mass is 14.9. The van der Waals surface area contributed by atoms with Gasteiger partial charge in [-0.15, -0.1) is 0 Å². The first kappa shape index (κ1) is 9.92. The fourth-order valence-corrected chi connectivity index (χ4v) is 0.854. The first-order valence-corrected chi connectivity index (χ1v) is 4.19. The molecule has 0 aromatic rings. The third-order valence-electron chi connectivity index (χ3n) is 1.73. The van der Waals surface area contributed by atoms with Crippen molar-refractivity contribution in [1.82, 2.24) is 10.6 Å². The number of nitrogens with one attached hydrogen (secondary N) is 2. The maximum absolute atomic E-state index is 3.30. The quantitative estimate of drug-likeness (QED) is 0.543. The van der Waals surface area contributed by atoms with Gasteiger partial charge in [-0.05, 0) is 39.9 Å². The summed E-state index contributed by atoms with van der Waals surface area (Å²) < 4.78 is 0. The molecule has 1 atom stereocenters. The normalized spacial score (nSPS) is 13.5. The molecule has 0 spiro atoms. The molecule has 0 aromatic heterocycles. The Morgan fingerprint density at radius 3 is 2.60 bits per heavy atom. The molecule has 0 aliphatic heterocycles. The third kappa shape index (κ3) is 6.05. The molecule has 2 N–H and O–H groups in total. The summed E-state index contributed by atoms with van der Waals surface area (Å²) in [4.78, 5) is 0. The van der Waals surface area contributed by atoms with E-state index in [9.17, 15) is 0 Å². The molecule has 10 heavy (non-hydrogen) atoms. The molecule has 0 aromatic carbocycles. The van der Waals surface area contributed by atoms with E-state index in [4.69, 9.17) is 0 Å². The van der Waals surface area contributed by atoms with E-state index in [1.807, 2.05) is 7.05 Å². The molecule has 0 bridgehead atoms. The Morgan fingerprint density at radius 2 is 2.10 bits per heavy atom. The van der Waals surface area contributed by atoms with E-state index in [-0.39, 0.29) is 0 Å². The first-order chi connectivity index (χ1) is 4.81. The molecule has 0 saturated heterocycles. The minimum absolute atomic E-state index is 0.665. The second-order valence-corrected chi connectivity index (χ2v) is 2.69. The molecule has 2 nitrogen and oxygen atoms in total. The Bertz CT molecular complexity index is 64.3. The highest BCUT2D eigenvalue weighted by molar-refractivity contribution is 4.57. The van der Waals surface area contributed by atoms with Crippen LogP contribution in [-0.2, 0) is 0 Å². The molecule has 0 aliphatic rings. The highest BCUT2D eigenvalue weighted by Crippen LogP contribution is 1.92. The molecular weight excluding hydrogens is 124 g/mol. The van der Waals surface area contributed by atoms with Gasteiger partial charge in [0.2, 0.25) is 0 Å². The summed E-state index contributed by atoms with van der Waals surface area (Å²) in [6.07, 6.45) is 2.54. The van der Waals surface area contributed by atoms with Crippen molar-refractivity contribution in [1.29, 1.82) is 0 Å². The van der Waals surface area contributed by atoms with Crippen LogP contribution < -0.4 is 10.6 Å². The van der Waals surface area contributed by atoms with Crippen molar-refractivity contribution in [2.45, 2.75) is 32.7 Å². The maximum Gasteiger partial charge on any atom is 0.00361 e. The fourth-order valence-electron chi connectivity index (χ4n) is 0.854. The predicted molar refractivity (Wildman–Crippen MR) is 46.3 cm³/mol. The minimum Gasteiger partial charge on any atom is -0.317 e. The summed E-state index contributed by atoms with van der Waals surface area (Å²) in [7, 11) is 2.01. The van der Waals surface area contributed by atoms with E-state index < -0.39 is 0 Å². The Balaban J connectivity index is 2.89. The third-order valence-corrected chi connectivity index (χ3v) is 1.73. The Labute approximate surface area is 64.4 Å². The molecule has 0 aliphatic carbocycles. The van der Waals surface area contributed by atoms with Crippen LogP contribution in [0.15, 0.2) is 0 Å². The SMILES string of the molecule is CCNCCCC(C)NC. The van der Waals surface area contributed by atoms with E-state index in [2.05, 4.69) is 24.5 Å². The molecule has 0 heterocycles. The molecule has 0 amide bonds. The predicted octanol–water partition coefficient (Wildman–Crippen LogP) is 0.984. The zero-order chi connectivity index (χ0) is 7.82. The average molecular weight is 144 g/mol. The molecule has 1 unspecified atom stereocenters.